The molecule has 1 aromatic rings. The van der Waals surface area contributed by atoms with Crippen LogP contribution in [0, 0.1) is 22.6 Å². The molecule has 0 spiro atoms. The second-order valence-electron chi connectivity index (χ2n) is 3.89. The maximum atomic E-state index is 13.4. The van der Waals surface area contributed by atoms with Gasteiger partial charge in [-0.15, -0.1) is 0 Å². The van der Waals surface area contributed by atoms with Gasteiger partial charge in [0.25, 0.3) is 0 Å². The summed E-state index contributed by atoms with van der Waals surface area (Å²) in [5, 5.41) is 8.92. The van der Waals surface area contributed by atoms with Crippen molar-refractivity contribution in [3.8, 4) is 6.07 Å². The first-order chi connectivity index (χ1) is 6.46. The van der Waals surface area contributed by atoms with E-state index < -0.39 is 11.2 Å². The molecule has 0 atom stereocenters. The highest BCUT2D eigenvalue weighted by Gasteiger charge is 2.20. The summed E-state index contributed by atoms with van der Waals surface area (Å²) in [6.45, 7) is 3.54. The average molecular weight is 212 g/mol. The Labute approximate surface area is 88.1 Å². The van der Waals surface area contributed by atoms with Gasteiger partial charge in [-0.25, -0.2) is 4.39 Å². The van der Waals surface area contributed by atoms with Crippen LogP contribution in [0.1, 0.15) is 19.4 Å². The third kappa shape index (κ3) is 2.46. The highest BCUT2D eigenvalue weighted by Crippen LogP contribution is 2.25. The smallest absolute Gasteiger partial charge is 0.145 e. The zero-order valence-electron chi connectivity index (χ0n) is 8.14. The lowest BCUT2D eigenvalue weighted by atomic mass is 9.87. The summed E-state index contributed by atoms with van der Waals surface area (Å²) >= 11 is 5.63. The molecular formula is C11H11ClFN. The van der Waals surface area contributed by atoms with Gasteiger partial charge in [0.15, 0.2) is 0 Å². The van der Waals surface area contributed by atoms with Crippen molar-refractivity contribution in [2.24, 2.45) is 5.41 Å². The number of benzene rings is 1. The first kappa shape index (κ1) is 11.0. The summed E-state index contributed by atoms with van der Waals surface area (Å²) < 4.78 is 13.4. The van der Waals surface area contributed by atoms with Crippen LogP contribution in [0.5, 0.6) is 0 Å². The highest BCUT2D eigenvalue weighted by atomic mass is 35.5. The molecule has 0 aliphatic carbocycles. The number of hydrogen-bond donors (Lipinski definition) is 0. The molecule has 3 heteroatoms. The molecule has 1 nitrogen and oxygen atoms in total. The van der Waals surface area contributed by atoms with Crippen molar-refractivity contribution >= 4 is 11.6 Å². The first-order valence-corrected chi connectivity index (χ1v) is 4.68. The Hall–Kier alpha value is -1.07. The fourth-order valence-corrected chi connectivity index (χ4v) is 1.39. The molecule has 0 aromatic heterocycles. The van der Waals surface area contributed by atoms with Gasteiger partial charge in [0.2, 0.25) is 0 Å². The van der Waals surface area contributed by atoms with Crippen LogP contribution in [0.25, 0.3) is 0 Å². The summed E-state index contributed by atoms with van der Waals surface area (Å²) in [4.78, 5) is 0. The zero-order valence-corrected chi connectivity index (χ0v) is 8.90. The minimum Gasteiger partial charge on any atom is -0.205 e. The molecule has 0 saturated heterocycles. The Morgan fingerprint density at radius 3 is 2.71 bits per heavy atom. The lowest BCUT2D eigenvalue weighted by Crippen LogP contribution is -2.12. The van der Waals surface area contributed by atoms with E-state index in [2.05, 4.69) is 6.07 Å². The minimum atomic E-state index is -0.564. The van der Waals surface area contributed by atoms with Gasteiger partial charge in [-0.3, -0.25) is 0 Å². The predicted octanol–water partition coefficient (Wildman–Crippen LogP) is 3.57. The molecular weight excluding hydrogens is 201 g/mol. The van der Waals surface area contributed by atoms with Crippen molar-refractivity contribution in [1.82, 2.24) is 0 Å². The Balaban J connectivity index is 3.00. The fourth-order valence-electron chi connectivity index (χ4n) is 1.20. The van der Waals surface area contributed by atoms with Crippen molar-refractivity contribution in [3.05, 3.63) is 34.6 Å². The second kappa shape index (κ2) is 3.98. The van der Waals surface area contributed by atoms with E-state index in [-0.39, 0.29) is 5.02 Å². The lowest BCUT2D eigenvalue weighted by Gasteiger charge is -2.15. The summed E-state index contributed by atoms with van der Waals surface area (Å²) in [6.07, 6.45) is 0.371. The van der Waals surface area contributed by atoms with Crippen LogP contribution in [0.3, 0.4) is 0 Å². The minimum absolute atomic E-state index is 0.108. The normalized spacial score (nSPS) is 11.1. The topological polar surface area (TPSA) is 23.8 Å². The van der Waals surface area contributed by atoms with E-state index in [1.165, 1.54) is 6.07 Å². The SMILES string of the molecule is CC(C)(C#N)Cc1cccc(Cl)c1F. The van der Waals surface area contributed by atoms with Crippen LogP contribution < -0.4 is 0 Å². The van der Waals surface area contributed by atoms with Crippen molar-refractivity contribution in [2.75, 3.05) is 0 Å². The molecule has 0 heterocycles. The van der Waals surface area contributed by atoms with Crippen LogP contribution in [0.2, 0.25) is 5.02 Å². The van der Waals surface area contributed by atoms with Crippen molar-refractivity contribution in [2.45, 2.75) is 20.3 Å². The number of nitrogens with zero attached hydrogens (tertiary/aromatic N) is 1. The van der Waals surface area contributed by atoms with Crippen LogP contribution in [0.15, 0.2) is 18.2 Å². The highest BCUT2D eigenvalue weighted by molar-refractivity contribution is 6.30. The molecule has 0 saturated carbocycles. The van der Waals surface area contributed by atoms with Gasteiger partial charge in [0.1, 0.15) is 5.82 Å². The summed E-state index contributed by atoms with van der Waals surface area (Å²) in [5.74, 6) is -0.419. The van der Waals surface area contributed by atoms with E-state index in [4.69, 9.17) is 16.9 Å². The van der Waals surface area contributed by atoms with Crippen LogP contribution in [-0.2, 0) is 6.42 Å². The summed E-state index contributed by atoms with van der Waals surface area (Å²) in [6, 6.07) is 6.97. The van der Waals surface area contributed by atoms with Gasteiger partial charge >= 0.3 is 0 Å². The van der Waals surface area contributed by atoms with Crippen LogP contribution >= 0.6 is 11.6 Å². The second-order valence-corrected chi connectivity index (χ2v) is 4.29. The standard InChI is InChI=1S/C11H11ClFN/c1-11(2,7-14)6-8-4-3-5-9(12)10(8)13/h3-5H,6H2,1-2H3. The maximum Gasteiger partial charge on any atom is 0.145 e. The van der Waals surface area contributed by atoms with Gasteiger partial charge in [-0.2, -0.15) is 5.26 Å². The maximum absolute atomic E-state index is 13.4. The molecule has 14 heavy (non-hydrogen) atoms. The zero-order chi connectivity index (χ0) is 10.8. The summed E-state index contributed by atoms with van der Waals surface area (Å²) in [5.41, 5.74) is -0.0741. The molecule has 1 rings (SSSR count). The molecule has 0 N–H and O–H groups in total. The van der Waals surface area contributed by atoms with Gasteiger partial charge in [-0.05, 0) is 31.9 Å². The van der Waals surface area contributed by atoms with Gasteiger partial charge in [0.05, 0.1) is 16.5 Å². The molecule has 1 aromatic carbocycles. The molecule has 0 aliphatic rings. The number of hydrogen-bond acceptors (Lipinski definition) is 1. The van der Waals surface area contributed by atoms with Gasteiger partial charge in [0, 0.05) is 0 Å². The number of nitriles is 1. The van der Waals surface area contributed by atoms with E-state index in [0.717, 1.165) is 0 Å². The third-order valence-corrected chi connectivity index (χ3v) is 2.26. The Kier molecular flexibility index (Phi) is 3.13. The first-order valence-electron chi connectivity index (χ1n) is 4.30. The van der Waals surface area contributed by atoms with E-state index in [1.54, 1.807) is 26.0 Å². The Morgan fingerprint density at radius 2 is 2.14 bits per heavy atom. The van der Waals surface area contributed by atoms with E-state index in [0.29, 0.717) is 12.0 Å². The van der Waals surface area contributed by atoms with Gasteiger partial charge in [-0.1, -0.05) is 23.7 Å². The summed E-state index contributed by atoms with van der Waals surface area (Å²) in [7, 11) is 0. The average Bonchev–Trinajstić information content (AvgIpc) is 2.13. The van der Waals surface area contributed by atoms with Crippen LogP contribution in [0.4, 0.5) is 4.39 Å². The van der Waals surface area contributed by atoms with Crippen molar-refractivity contribution < 1.29 is 4.39 Å². The van der Waals surface area contributed by atoms with Gasteiger partial charge < -0.3 is 0 Å². The number of rotatable bonds is 2. The molecule has 0 bridgehead atoms. The van der Waals surface area contributed by atoms with Crippen molar-refractivity contribution in [1.29, 1.82) is 5.26 Å². The Morgan fingerprint density at radius 1 is 1.50 bits per heavy atom. The largest absolute Gasteiger partial charge is 0.205 e. The van der Waals surface area contributed by atoms with Crippen molar-refractivity contribution in [3.63, 3.8) is 0 Å². The third-order valence-electron chi connectivity index (χ3n) is 1.97. The molecule has 74 valence electrons. The number of halogens is 2. The molecule has 0 aliphatic heterocycles. The van der Waals surface area contributed by atoms with E-state index in [9.17, 15) is 4.39 Å². The van der Waals surface area contributed by atoms with Crippen LogP contribution in [-0.4, -0.2) is 0 Å². The molecule has 0 radical (unpaired) electrons. The lowest BCUT2D eigenvalue weighted by molar-refractivity contribution is 0.476. The Bertz CT molecular complexity index is 379. The fraction of sp³-hybridized carbons (Fsp3) is 0.364. The van der Waals surface area contributed by atoms with E-state index >= 15 is 0 Å². The molecule has 0 amide bonds. The quantitative estimate of drug-likeness (QED) is 0.734. The van der Waals surface area contributed by atoms with E-state index in [1.807, 2.05) is 0 Å². The monoisotopic (exact) mass is 211 g/mol. The predicted molar refractivity (Wildman–Crippen MR) is 54.5 cm³/mol. The molecule has 0 fully saturated rings. The molecule has 0 unspecified atom stereocenters.